The summed E-state index contributed by atoms with van der Waals surface area (Å²) in [7, 11) is 0. The Bertz CT molecular complexity index is 553. The molecule has 1 unspecified atom stereocenters. The normalized spacial score (nSPS) is 22.2. The maximum absolute atomic E-state index is 12.5. The van der Waals surface area contributed by atoms with Crippen molar-refractivity contribution in [2.24, 2.45) is 0 Å². The first kappa shape index (κ1) is 18.2. The Morgan fingerprint density at radius 1 is 1.20 bits per heavy atom. The molecule has 0 bridgehead atoms. The van der Waals surface area contributed by atoms with E-state index in [-0.39, 0.29) is 12.5 Å². The van der Waals surface area contributed by atoms with E-state index in [1.54, 1.807) is 0 Å². The van der Waals surface area contributed by atoms with Crippen LogP contribution in [-0.2, 0) is 9.53 Å². The number of rotatable bonds is 5. The van der Waals surface area contributed by atoms with Crippen LogP contribution in [0.4, 0.5) is 0 Å². The fourth-order valence-electron chi connectivity index (χ4n) is 3.55. The maximum Gasteiger partial charge on any atom is 0.260 e. The van der Waals surface area contributed by atoms with Crippen LogP contribution in [0.2, 0.25) is 0 Å². The zero-order chi connectivity index (χ0) is 17.6. The van der Waals surface area contributed by atoms with E-state index < -0.39 is 0 Å². The molecule has 5 nitrogen and oxygen atoms in total. The van der Waals surface area contributed by atoms with Crippen LogP contribution < -0.4 is 4.74 Å². The van der Waals surface area contributed by atoms with Gasteiger partial charge in [0.15, 0.2) is 6.61 Å². The highest BCUT2D eigenvalue weighted by molar-refractivity contribution is 5.77. The Balaban J connectivity index is 1.46. The zero-order valence-corrected chi connectivity index (χ0v) is 15.4. The van der Waals surface area contributed by atoms with E-state index >= 15 is 0 Å². The predicted molar refractivity (Wildman–Crippen MR) is 98.0 cm³/mol. The summed E-state index contributed by atoms with van der Waals surface area (Å²) in [6.07, 6.45) is 2.13. The van der Waals surface area contributed by atoms with Gasteiger partial charge in [-0.05, 0) is 36.5 Å². The van der Waals surface area contributed by atoms with Crippen molar-refractivity contribution in [3.8, 4) is 5.75 Å². The molecular formula is C20H30N2O3. The lowest BCUT2D eigenvalue weighted by molar-refractivity contribution is -0.133. The lowest BCUT2D eigenvalue weighted by atomic mass is 10.0. The number of hydrogen-bond donors (Lipinski definition) is 0. The highest BCUT2D eigenvalue weighted by atomic mass is 16.5. The third kappa shape index (κ3) is 4.95. The largest absolute Gasteiger partial charge is 0.484 e. The molecule has 0 aromatic heterocycles. The Morgan fingerprint density at radius 2 is 2.00 bits per heavy atom. The van der Waals surface area contributed by atoms with Crippen LogP contribution in [0.1, 0.15) is 38.2 Å². The Labute approximate surface area is 150 Å². The van der Waals surface area contributed by atoms with Gasteiger partial charge in [-0.1, -0.05) is 26.0 Å². The van der Waals surface area contributed by atoms with E-state index in [1.807, 2.05) is 17.0 Å². The Hall–Kier alpha value is -1.59. The minimum Gasteiger partial charge on any atom is -0.484 e. The molecule has 25 heavy (non-hydrogen) atoms. The molecule has 1 aromatic carbocycles. The number of ether oxygens (including phenoxy) is 2. The first-order valence-corrected chi connectivity index (χ1v) is 9.46. The minimum absolute atomic E-state index is 0.0810. The topological polar surface area (TPSA) is 42.0 Å². The van der Waals surface area contributed by atoms with E-state index in [1.165, 1.54) is 5.56 Å². The fraction of sp³-hybridized carbons (Fsp3) is 0.650. The average Bonchev–Trinajstić information content (AvgIpc) is 3.04. The fourth-order valence-corrected chi connectivity index (χ4v) is 3.55. The molecule has 3 rings (SSSR count). The molecule has 138 valence electrons. The number of hydrogen-bond acceptors (Lipinski definition) is 4. The van der Waals surface area contributed by atoms with Crippen LogP contribution in [-0.4, -0.2) is 67.7 Å². The number of benzene rings is 1. The summed E-state index contributed by atoms with van der Waals surface area (Å²) in [5.41, 5.74) is 1.28. The molecule has 1 amide bonds. The molecule has 2 aliphatic heterocycles. The van der Waals surface area contributed by atoms with Crippen molar-refractivity contribution >= 4 is 5.91 Å². The highest BCUT2D eigenvalue weighted by Gasteiger charge is 2.26. The zero-order valence-electron chi connectivity index (χ0n) is 15.4. The van der Waals surface area contributed by atoms with Gasteiger partial charge in [0, 0.05) is 38.8 Å². The van der Waals surface area contributed by atoms with Crippen LogP contribution in [0.3, 0.4) is 0 Å². The molecule has 0 N–H and O–H groups in total. The first-order chi connectivity index (χ1) is 12.1. The third-order valence-corrected chi connectivity index (χ3v) is 5.21. The van der Waals surface area contributed by atoms with Crippen molar-refractivity contribution in [3.05, 3.63) is 29.8 Å². The quantitative estimate of drug-likeness (QED) is 0.822. The molecular weight excluding hydrogens is 316 g/mol. The molecule has 0 aliphatic carbocycles. The van der Waals surface area contributed by atoms with Crippen molar-refractivity contribution in [1.29, 1.82) is 0 Å². The third-order valence-electron chi connectivity index (χ3n) is 5.21. The van der Waals surface area contributed by atoms with Gasteiger partial charge in [-0.25, -0.2) is 0 Å². The second-order valence-corrected chi connectivity index (χ2v) is 7.30. The van der Waals surface area contributed by atoms with Crippen molar-refractivity contribution in [2.75, 3.05) is 46.0 Å². The summed E-state index contributed by atoms with van der Waals surface area (Å²) in [6.45, 7) is 9.74. The van der Waals surface area contributed by atoms with Gasteiger partial charge >= 0.3 is 0 Å². The molecule has 2 saturated heterocycles. The summed E-state index contributed by atoms with van der Waals surface area (Å²) in [6, 6.07) is 8.57. The van der Waals surface area contributed by atoms with E-state index in [4.69, 9.17) is 9.47 Å². The lowest BCUT2D eigenvalue weighted by Crippen LogP contribution is -2.41. The van der Waals surface area contributed by atoms with Crippen LogP contribution >= 0.6 is 0 Å². The number of carbonyl (C=O) groups is 1. The van der Waals surface area contributed by atoms with E-state index in [0.29, 0.717) is 12.0 Å². The summed E-state index contributed by atoms with van der Waals surface area (Å²) < 4.78 is 11.2. The van der Waals surface area contributed by atoms with E-state index in [9.17, 15) is 4.79 Å². The van der Waals surface area contributed by atoms with Crippen LogP contribution in [0.5, 0.6) is 5.75 Å². The predicted octanol–water partition coefficient (Wildman–Crippen LogP) is 2.51. The van der Waals surface area contributed by atoms with Gasteiger partial charge < -0.3 is 14.4 Å². The molecule has 0 radical (unpaired) electrons. The molecule has 2 aliphatic rings. The highest BCUT2D eigenvalue weighted by Crippen LogP contribution is 2.19. The van der Waals surface area contributed by atoms with E-state index in [2.05, 4.69) is 30.9 Å². The summed E-state index contributed by atoms with van der Waals surface area (Å²) in [5.74, 6) is 1.34. The Kier molecular flexibility index (Phi) is 6.32. The number of carbonyl (C=O) groups excluding carboxylic acids is 1. The van der Waals surface area contributed by atoms with Gasteiger partial charge in [0.2, 0.25) is 0 Å². The summed E-state index contributed by atoms with van der Waals surface area (Å²) >= 11 is 0. The van der Waals surface area contributed by atoms with Crippen LogP contribution in [0.15, 0.2) is 24.3 Å². The smallest absolute Gasteiger partial charge is 0.260 e. The van der Waals surface area contributed by atoms with E-state index in [0.717, 1.165) is 58.0 Å². The SMILES string of the molecule is CC(C)c1ccc(OCC(=O)N2CCCN(C3CCOC3)CC2)cc1. The number of nitrogens with zero attached hydrogens (tertiary/aromatic N) is 2. The maximum atomic E-state index is 12.5. The molecule has 0 saturated carbocycles. The second-order valence-electron chi connectivity index (χ2n) is 7.30. The van der Waals surface area contributed by atoms with Crippen LogP contribution in [0, 0.1) is 0 Å². The van der Waals surface area contributed by atoms with Crippen molar-refractivity contribution in [3.63, 3.8) is 0 Å². The number of amides is 1. The lowest BCUT2D eigenvalue weighted by Gasteiger charge is -2.26. The monoisotopic (exact) mass is 346 g/mol. The van der Waals surface area contributed by atoms with Gasteiger partial charge in [0.25, 0.3) is 5.91 Å². The standard InChI is InChI=1S/C20H30N2O3/c1-16(2)17-4-6-19(7-5-17)25-15-20(23)22-10-3-9-21(11-12-22)18-8-13-24-14-18/h4-7,16,18H,3,8-15H2,1-2H3. The molecule has 0 spiro atoms. The van der Waals surface area contributed by atoms with Gasteiger partial charge in [-0.15, -0.1) is 0 Å². The summed E-state index contributed by atoms with van der Waals surface area (Å²) in [5, 5.41) is 0. The van der Waals surface area contributed by atoms with Gasteiger partial charge in [-0.2, -0.15) is 0 Å². The van der Waals surface area contributed by atoms with Crippen molar-refractivity contribution in [2.45, 2.75) is 38.6 Å². The van der Waals surface area contributed by atoms with Gasteiger partial charge in [0.05, 0.1) is 6.61 Å². The van der Waals surface area contributed by atoms with Gasteiger partial charge in [0.1, 0.15) is 5.75 Å². The molecule has 2 heterocycles. The molecule has 1 atom stereocenters. The molecule has 2 fully saturated rings. The second kappa shape index (κ2) is 8.68. The minimum atomic E-state index is 0.0810. The molecule has 5 heteroatoms. The van der Waals surface area contributed by atoms with Gasteiger partial charge in [-0.3, -0.25) is 9.69 Å². The van der Waals surface area contributed by atoms with Crippen molar-refractivity contribution in [1.82, 2.24) is 9.80 Å². The van der Waals surface area contributed by atoms with Crippen LogP contribution in [0.25, 0.3) is 0 Å². The Morgan fingerprint density at radius 3 is 2.68 bits per heavy atom. The summed E-state index contributed by atoms with van der Waals surface area (Å²) in [4.78, 5) is 16.9. The average molecular weight is 346 g/mol. The van der Waals surface area contributed by atoms with Crippen molar-refractivity contribution < 1.29 is 14.3 Å². The molecule has 1 aromatic rings. The first-order valence-electron chi connectivity index (χ1n) is 9.46.